The van der Waals surface area contributed by atoms with Gasteiger partial charge in [0.1, 0.15) is 0 Å². The van der Waals surface area contributed by atoms with E-state index in [1.54, 1.807) is 6.07 Å². The molecule has 0 atom stereocenters. The van der Waals surface area contributed by atoms with Crippen molar-refractivity contribution in [1.82, 2.24) is 10.3 Å². The fourth-order valence-corrected chi connectivity index (χ4v) is 2.18. The highest BCUT2D eigenvalue weighted by Crippen LogP contribution is 2.15. The summed E-state index contributed by atoms with van der Waals surface area (Å²) in [5.41, 5.74) is 2.30. The molecule has 0 spiro atoms. The fraction of sp³-hybridized carbons (Fsp3) is 0.200. The molecule has 5 heteroatoms. The Labute approximate surface area is 127 Å². The number of nitrogens with one attached hydrogen (secondary N) is 1. The van der Waals surface area contributed by atoms with Crippen molar-refractivity contribution in [3.63, 3.8) is 0 Å². The van der Waals surface area contributed by atoms with Crippen LogP contribution in [0.2, 0.25) is 10.0 Å². The SMILES string of the molecule is Cc1cc(Cl)c(C(=O)NCCc2ccc(Cl)cc2)cn1. The molecule has 1 aromatic heterocycles. The zero-order chi connectivity index (χ0) is 14.5. The Hall–Kier alpha value is -1.58. The van der Waals surface area contributed by atoms with Gasteiger partial charge in [-0.15, -0.1) is 0 Å². The lowest BCUT2D eigenvalue weighted by Gasteiger charge is -2.07. The van der Waals surface area contributed by atoms with Crippen molar-refractivity contribution in [3.05, 3.63) is 63.4 Å². The molecule has 2 rings (SSSR count). The minimum atomic E-state index is -0.212. The molecule has 1 aromatic carbocycles. The summed E-state index contributed by atoms with van der Waals surface area (Å²) in [5.74, 6) is -0.212. The van der Waals surface area contributed by atoms with Gasteiger partial charge in [-0.2, -0.15) is 0 Å². The van der Waals surface area contributed by atoms with E-state index < -0.39 is 0 Å². The lowest BCUT2D eigenvalue weighted by molar-refractivity contribution is 0.0954. The van der Waals surface area contributed by atoms with Gasteiger partial charge in [0.05, 0.1) is 10.6 Å². The number of amides is 1. The lowest BCUT2D eigenvalue weighted by Crippen LogP contribution is -2.26. The Bertz CT molecular complexity index is 612. The molecule has 1 heterocycles. The summed E-state index contributed by atoms with van der Waals surface area (Å²) in [6, 6.07) is 9.22. The molecule has 0 aliphatic carbocycles. The number of carbonyl (C=O) groups excluding carboxylic acids is 1. The van der Waals surface area contributed by atoms with Crippen LogP contribution in [0.1, 0.15) is 21.6 Å². The van der Waals surface area contributed by atoms with Gasteiger partial charge in [0.25, 0.3) is 5.91 Å². The van der Waals surface area contributed by atoms with Crippen LogP contribution in [-0.2, 0) is 6.42 Å². The first-order valence-electron chi connectivity index (χ1n) is 6.21. The van der Waals surface area contributed by atoms with Gasteiger partial charge in [0.2, 0.25) is 0 Å². The molecule has 0 unspecified atom stereocenters. The van der Waals surface area contributed by atoms with Crippen molar-refractivity contribution in [2.45, 2.75) is 13.3 Å². The minimum Gasteiger partial charge on any atom is -0.352 e. The van der Waals surface area contributed by atoms with Gasteiger partial charge in [-0.3, -0.25) is 9.78 Å². The molecule has 1 amide bonds. The summed E-state index contributed by atoms with van der Waals surface area (Å²) >= 11 is 11.8. The number of carbonyl (C=O) groups is 1. The van der Waals surface area contributed by atoms with Gasteiger partial charge in [0.15, 0.2) is 0 Å². The molecular formula is C15H14Cl2N2O. The number of halogens is 2. The Morgan fingerprint density at radius 1 is 1.25 bits per heavy atom. The molecule has 2 aromatic rings. The fourth-order valence-electron chi connectivity index (χ4n) is 1.76. The summed E-state index contributed by atoms with van der Waals surface area (Å²) < 4.78 is 0. The molecule has 20 heavy (non-hydrogen) atoms. The van der Waals surface area contributed by atoms with E-state index in [-0.39, 0.29) is 5.91 Å². The Kier molecular flexibility index (Phi) is 4.99. The number of rotatable bonds is 4. The summed E-state index contributed by atoms with van der Waals surface area (Å²) in [5, 5.41) is 3.95. The summed E-state index contributed by atoms with van der Waals surface area (Å²) in [6.45, 7) is 2.36. The third kappa shape index (κ3) is 3.95. The first-order valence-corrected chi connectivity index (χ1v) is 6.96. The molecule has 1 N–H and O–H groups in total. The summed E-state index contributed by atoms with van der Waals surface area (Å²) in [7, 11) is 0. The highest BCUT2D eigenvalue weighted by Gasteiger charge is 2.10. The van der Waals surface area contributed by atoms with E-state index in [2.05, 4.69) is 10.3 Å². The van der Waals surface area contributed by atoms with Crippen molar-refractivity contribution in [2.75, 3.05) is 6.54 Å². The average molecular weight is 309 g/mol. The normalized spacial score (nSPS) is 10.3. The first-order chi connectivity index (χ1) is 9.56. The van der Waals surface area contributed by atoms with Gasteiger partial charge in [-0.25, -0.2) is 0 Å². The lowest BCUT2D eigenvalue weighted by atomic mass is 10.1. The quantitative estimate of drug-likeness (QED) is 0.936. The molecule has 0 saturated carbocycles. The second kappa shape index (κ2) is 6.73. The smallest absolute Gasteiger partial charge is 0.254 e. The molecule has 0 bridgehead atoms. The maximum atomic E-state index is 12.0. The van der Waals surface area contributed by atoms with Crippen molar-refractivity contribution in [2.24, 2.45) is 0 Å². The zero-order valence-corrected chi connectivity index (χ0v) is 12.5. The van der Waals surface area contributed by atoms with E-state index in [1.165, 1.54) is 6.20 Å². The Morgan fingerprint density at radius 2 is 1.95 bits per heavy atom. The van der Waals surface area contributed by atoms with E-state index in [4.69, 9.17) is 23.2 Å². The summed E-state index contributed by atoms with van der Waals surface area (Å²) in [6.07, 6.45) is 2.23. The first kappa shape index (κ1) is 14.8. The Morgan fingerprint density at radius 3 is 2.60 bits per heavy atom. The number of nitrogens with zero attached hydrogens (tertiary/aromatic N) is 1. The molecule has 0 fully saturated rings. The maximum absolute atomic E-state index is 12.0. The van der Waals surface area contributed by atoms with Crippen LogP contribution in [0, 0.1) is 6.92 Å². The zero-order valence-electron chi connectivity index (χ0n) is 11.0. The van der Waals surface area contributed by atoms with Crippen LogP contribution in [0.25, 0.3) is 0 Å². The molecule has 104 valence electrons. The van der Waals surface area contributed by atoms with Crippen LogP contribution in [0.5, 0.6) is 0 Å². The van der Waals surface area contributed by atoms with Gasteiger partial charge >= 0.3 is 0 Å². The largest absolute Gasteiger partial charge is 0.352 e. The van der Waals surface area contributed by atoms with E-state index in [0.717, 1.165) is 17.7 Å². The van der Waals surface area contributed by atoms with Gasteiger partial charge in [-0.1, -0.05) is 35.3 Å². The van der Waals surface area contributed by atoms with Gasteiger partial charge in [-0.05, 0) is 37.1 Å². The van der Waals surface area contributed by atoms with Crippen molar-refractivity contribution >= 4 is 29.1 Å². The van der Waals surface area contributed by atoms with Crippen LogP contribution in [-0.4, -0.2) is 17.4 Å². The van der Waals surface area contributed by atoms with Crippen LogP contribution < -0.4 is 5.32 Å². The third-order valence-electron chi connectivity index (χ3n) is 2.85. The van der Waals surface area contributed by atoms with Crippen molar-refractivity contribution in [1.29, 1.82) is 0 Å². The number of hydrogen-bond acceptors (Lipinski definition) is 2. The van der Waals surface area contributed by atoms with Crippen LogP contribution in [0.4, 0.5) is 0 Å². The number of benzene rings is 1. The van der Waals surface area contributed by atoms with Crippen molar-refractivity contribution < 1.29 is 4.79 Å². The van der Waals surface area contributed by atoms with Crippen LogP contribution >= 0.6 is 23.2 Å². The Balaban J connectivity index is 1.90. The molecule has 0 aliphatic heterocycles. The van der Waals surface area contributed by atoms with E-state index in [0.29, 0.717) is 22.2 Å². The van der Waals surface area contributed by atoms with Gasteiger partial charge in [0, 0.05) is 23.5 Å². The second-order valence-corrected chi connectivity index (χ2v) is 5.28. The minimum absolute atomic E-state index is 0.212. The maximum Gasteiger partial charge on any atom is 0.254 e. The van der Waals surface area contributed by atoms with Crippen LogP contribution in [0.15, 0.2) is 36.5 Å². The molecular weight excluding hydrogens is 295 g/mol. The monoisotopic (exact) mass is 308 g/mol. The highest BCUT2D eigenvalue weighted by molar-refractivity contribution is 6.33. The molecule has 0 radical (unpaired) electrons. The van der Waals surface area contributed by atoms with E-state index >= 15 is 0 Å². The second-order valence-electron chi connectivity index (χ2n) is 4.44. The summed E-state index contributed by atoms with van der Waals surface area (Å²) in [4.78, 5) is 16.0. The number of hydrogen-bond donors (Lipinski definition) is 1. The van der Waals surface area contributed by atoms with Gasteiger partial charge < -0.3 is 5.32 Å². The highest BCUT2D eigenvalue weighted by atomic mass is 35.5. The van der Waals surface area contributed by atoms with E-state index in [9.17, 15) is 4.79 Å². The van der Waals surface area contributed by atoms with Crippen LogP contribution in [0.3, 0.4) is 0 Å². The molecule has 3 nitrogen and oxygen atoms in total. The van der Waals surface area contributed by atoms with E-state index in [1.807, 2.05) is 31.2 Å². The standard InChI is InChI=1S/C15H14Cl2N2O/c1-10-8-14(17)13(9-19-10)15(20)18-7-6-11-2-4-12(16)5-3-11/h2-5,8-9H,6-7H2,1H3,(H,18,20). The number of aromatic nitrogens is 1. The third-order valence-corrected chi connectivity index (χ3v) is 3.41. The number of aryl methyl sites for hydroxylation is 1. The number of pyridine rings is 1. The molecule has 0 aliphatic rings. The average Bonchev–Trinajstić information content (AvgIpc) is 2.41. The predicted molar refractivity (Wildman–Crippen MR) is 81.5 cm³/mol. The van der Waals surface area contributed by atoms with Crippen molar-refractivity contribution in [3.8, 4) is 0 Å². The molecule has 0 saturated heterocycles. The topological polar surface area (TPSA) is 42.0 Å². The predicted octanol–water partition coefficient (Wildman–Crippen LogP) is 3.67.